The minimum absolute atomic E-state index is 0.0321. The third-order valence-corrected chi connectivity index (χ3v) is 5.54. The van der Waals surface area contributed by atoms with E-state index in [2.05, 4.69) is 20.6 Å². The highest BCUT2D eigenvalue weighted by Gasteiger charge is 2.15. The Balaban J connectivity index is 1.62. The molecule has 1 saturated heterocycles. The number of amides is 1. The average Bonchev–Trinajstić information content (AvgIpc) is 3.02. The summed E-state index contributed by atoms with van der Waals surface area (Å²) in [6, 6.07) is 6.16. The summed E-state index contributed by atoms with van der Waals surface area (Å²) in [4.78, 5) is 34.4. The zero-order valence-electron chi connectivity index (χ0n) is 17.0. The van der Waals surface area contributed by atoms with Gasteiger partial charge < -0.3 is 15.5 Å². The highest BCUT2D eigenvalue weighted by atomic mass is 32.1. The Labute approximate surface area is 179 Å². The van der Waals surface area contributed by atoms with Gasteiger partial charge in [0.15, 0.2) is 5.13 Å². The molecule has 10 heteroatoms. The number of nitro groups is 1. The molecule has 0 saturated carbocycles. The summed E-state index contributed by atoms with van der Waals surface area (Å²) in [5.74, 6) is 0.748. The number of aromatic nitrogens is 1. The number of hydrogen-bond donors (Lipinski definition) is 2. The van der Waals surface area contributed by atoms with E-state index in [1.54, 1.807) is 18.3 Å². The van der Waals surface area contributed by atoms with Gasteiger partial charge in [0.1, 0.15) is 0 Å². The van der Waals surface area contributed by atoms with Gasteiger partial charge in [0, 0.05) is 54.9 Å². The fourth-order valence-corrected chi connectivity index (χ4v) is 3.82. The highest BCUT2D eigenvalue weighted by Crippen LogP contribution is 2.19. The van der Waals surface area contributed by atoms with Crippen molar-refractivity contribution >= 4 is 39.7 Å². The second kappa shape index (κ2) is 10.7. The van der Waals surface area contributed by atoms with E-state index < -0.39 is 4.92 Å². The van der Waals surface area contributed by atoms with Gasteiger partial charge in [0.2, 0.25) is 11.9 Å². The molecule has 0 atom stereocenters. The van der Waals surface area contributed by atoms with Crippen LogP contribution in [0.25, 0.3) is 0 Å². The average molecular weight is 431 g/mol. The lowest BCUT2D eigenvalue weighted by atomic mass is 10.2. The maximum atomic E-state index is 12.1. The molecule has 30 heavy (non-hydrogen) atoms. The van der Waals surface area contributed by atoms with Crippen LogP contribution >= 0.6 is 11.3 Å². The van der Waals surface area contributed by atoms with Crippen molar-refractivity contribution in [2.45, 2.75) is 39.0 Å². The van der Waals surface area contributed by atoms with E-state index in [4.69, 9.17) is 0 Å². The maximum absolute atomic E-state index is 12.1. The molecule has 3 rings (SSSR count). The maximum Gasteiger partial charge on any atom is 0.269 e. The van der Waals surface area contributed by atoms with Crippen molar-refractivity contribution in [2.24, 2.45) is 4.99 Å². The first-order valence-corrected chi connectivity index (χ1v) is 10.9. The number of aliphatic imine (C=N–C) groups is 1. The number of anilines is 2. The molecule has 160 valence electrons. The Bertz CT molecular complexity index is 896. The quantitative estimate of drug-likeness (QED) is 0.225. The van der Waals surface area contributed by atoms with Crippen molar-refractivity contribution in [3.8, 4) is 0 Å². The Morgan fingerprint density at radius 1 is 1.27 bits per heavy atom. The third-order valence-electron chi connectivity index (χ3n) is 4.71. The van der Waals surface area contributed by atoms with Gasteiger partial charge >= 0.3 is 0 Å². The molecule has 0 radical (unpaired) electrons. The van der Waals surface area contributed by atoms with Crippen LogP contribution in [0.2, 0.25) is 0 Å². The number of hydrogen-bond acceptors (Lipinski definition) is 6. The molecule has 1 aromatic heterocycles. The lowest BCUT2D eigenvalue weighted by Crippen LogP contribution is -2.31. The fraction of sp³-hybridized carbons (Fsp3) is 0.450. The van der Waals surface area contributed by atoms with Crippen molar-refractivity contribution in [1.29, 1.82) is 0 Å². The first-order valence-electron chi connectivity index (χ1n) is 10.0. The number of aryl methyl sites for hydroxylation is 1. The molecule has 2 aromatic rings. The van der Waals surface area contributed by atoms with Crippen LogP contribution in [-0.4, -0.2) is 46.3 Å². The van der Waals surface area contributed by atoms with Gasteiger partial charge in [0.25, 0.3) is 5.69 Å². The fourth-order valence-electron chi connectivity index (χ4n) is 3.15. The second-order valence-electron chi connectivity index (χ2n) is 7.11. The van der Waals surface area contributed by atoms with Crippen LogP contribution in [0, 0.1) is 17.0 Å². The van der Waals surface area contributed by atoms with E-state index in [9.17, 15) is 14.9 Å². The summed E-state index contributed by atoms with van der Waals surface area (Å²) in [6.07, 6.45) is 6.33. The number of likely N-dealkylation sites (tertiary alicyclic amines) is 1. The van der Waals surface area contributed by atoms with Crippen LogP contribution in [0.5, 0.6) is 0 Å². The van der Waals surface area contributed by atoms with Crippen molar-refractivity contribution < 1.29 is 9.72 Å². The molecule has 1 aliphatic rings. The lowest BCUT2D eigenvalue weighted by Gasteiger charge is -2.20. The number of carbonyl (C=O) groups excluding carboxylic acids is 1. The standard InChI is InChI=1S/C20H26N6O3S/c1-15-14-22-20(30-15)24-19(23-16-7-9-17(10-8-16)26(28)29)21-11-5-13-25-12-4-2-3-6-18(25)27/h7-10,14H,2-6,11-13H2,1H3,(H2,21,22,23,24). The van der Waals surface area contributed by atoms with Crippen LogP contribution in [0.4, 0.5) is 16.5 Å². The molecule has 0 bridgehead atoms. The largest absolute Gasteiger partial charge is 0.343 e. The first kappa shape index (κ1) is 21.7. The topological polar surface area (TPSA) is 113 Å². The molecule has 9 nitrogen and oxygen atoms in total. The molecule has 0 unspecified atom stereocenters. The van der Waals surface area contributed by atoms with E-state index in [0.29, 0.717) is 36.3 Å². The molecule has 1 aromatic carbocycles. The SMILES string of the molecule is Cc1cnc(NC(=NCCCN2CCCCCC2=O)Nc2ccc([N+](=O)[O-])cc2)s1. The lowest BCUT2D eigenvalue weighted by molar-refractivity contribution is -0.384. The summed E-state index contributed by atoms with van der Waals surface area (Å²) in [7, 11) is 0. The summed E-state index contributed by atoms with van der Waals surface area (Å²) >= 11 is 1.51. The van der Waals surface area contributed by atoms with Gasteiger partial charge in [-0.25, -0.2) is 4.98 Å². The number of nitrogens with one attached hydrogen (secondary N) is 2. The van der Waals surface area contributed by atoms with Crippen LogP contribution in [0.15, 0.2) is 35.5 Å². The normalized spacial score (nSPS) is 15.0. The Morgan fingerprint density at radius 3 is 2.77 bits per heavy atom. The number of carbonyl (C=O) groups is 1. The van der Waals surface area contributed by atoms with Gasteiger partial charge in [-0.05, 0) is 38.3 Å². The van der Waals surface area contributed by atoms with Gasteiger partial charge in [-0.3, -0.25) is 19.9 Å². The van der Waals surface area contributed by atoms with Crippen molar-refractivity contribution in [2.75, 3.05) is 30.3 Å². The molecule has 2 N–H and O–H groups in total. The minimum Gasteiger partial charge on any atom is -0.343 e. The highest BCUT2D eigenvalue weighted by molar-refractivity contribution is 7.15. The zero-order valence-corrected chi connectivity index (χ0v) is 17.8. The Morgan fingerprint density at radius 2 is 2.07 bits per heavy atom. The number of thiazole rings is 1. The number of rotatable bonds is 7. The van der Waals surface area contributed by atoms with Crippen molar-refractivity contribution in [3.63, 3.8) is 0 Å². The molecule has 0 aliphatic carbocycles. The first-order chi connectivity index (χ1) is 14.5. The second-order valence-corrected chi connectivity index (χ2v) is 8.34. The number of nitrogens with zero attached hydrogens (tertiary/aromatic N) is 4. The number of guanidine groups is 1. The smallest absolute Gasteiger partial charge is 0.269 e. The van der Waals surface area contributed by atoms with Crippen molar-refractivity contribution in [1.82, 2.24) is 9.88 Å². The predicted octanol–water partition coefficient (Wildman–Crippen LogP) is 4.03. The summed E-state index contributed by atoms with van der Waals surface area (Å²) in [5, 5.41) is 17.9. The van der Waals surface area contributed by atoms with E-state index in [1.165, 1.54) is 23.5 Å². The van der Waals surface area contributed by atoms with Gasteiger partial charge in [-0.15, -0.1) is 11.3 Å². The monoisotopic (exact) mass is 430 g/mol. The molecule has 0 spiro atoms. The Hall–Kier alpha value is -3.01. The summed E-state index contributed by atoms with van der Waals surface area (Å²) in [6.45, 7) is 4.04. The molecule has 1 fully saturated rings. The van der Waals surface area contributed by atoms with E-state index in [-0.39, 0.29) is 11.6 Å². The van der Waals surface area contributed by atoms with E-state index in [0.717, 1.165) is 37.1 Å². The molecule has 1 amide bonds. The summed E-state index contributed by atoms with van der Waals surface area (Å²) < 4.78 is 0. The number of nitro benzene ring substituents is 1. The van der Waals surface area contributed by atoms with Gasteiger partial charge in [-0.2, -0.15) is 0 Å². The summed E-state index contributed by atoms with van der Waals surface area (Å²) in [5.41, 5.74) is 0.715. The minimum atomic E-state index is -0.431. The van der Waals surface area contributed by atoms with Crippen LogP contribution in [-0.2, 0) is 4.79 Å². The van der Waals surface area contributed by atoms with E-state index >= 15 is 0 Å². The zero-order chi connectivity index (χ0) is 21.3. The molecular weight excluding hydrogens is 404 g/mol. The van der Waals surface area contributed by atoms with E-state index in [1.807, 2.05) is 11.8 Å². The van der Waals surface area contributed by atoms with Gasteiger partial charge in [0.05, 0.1) is 4.92 Å². The third kappa shape index (κ3) is 6.51. The van der Waals surface area contributed by atoms with Crippen LogP contribution < -0.4 is 10.6 Å². The van der Waals surface area contributed by atoms with Crippen molar-refractivity contribution in [3.05, 3.63) is 45.5 Å². The number of non-ortho nitro benzene ring substituents is 1. The van der Waals surface area contributed by atoms with Crippen LogP contribution in [0.3, 0.4) is 0 Å². The molecule has 2 heterocycles. The van der Waals surface area contributed by atoms with Crippen LogP contribution in [0.1, 0.15) is 37.0 Å². The number of benzene rings is 1. The molecular formula is C20H26N6O3S. The predicted molar refractivity (Wildman–Crippen MR) is 119 cm³/mol. The Kier molecular flexibility index (Phi) is 7.72. The van der Waals surface area contributed by atoms with Gasteiger partial charge in [-0.1, -0.05) is 6.42 Å². The molecule has 1 aliphatic heterocycles.